The Bertz CT molecular complexity index is 851. The summed E-state index contributed by atoms with van der Waals surface area (Å²) in [7, 11) is 0. The number of nitrogens with one attached hydrogen (secondary N) is 1. The maximum absolute atomic E-state index is 13.3. The number of hydrogen-bond donors (Lipinski definition) is 1. The third-order valence-corrected chi connectivity index (χ3v) is 4.49. The lowest BCUT2D eigenvalue weighted by molar-refractivity contribution is -0.136. The zero-order valence-corrected chi connectivity index (χ0v) is 15.4. The number of aryl methyl sites for hydroxylation is 1. The summed E-state index contributed by atoms with van der Waals surface area (Å²) in [4.78, 5) is 22.6. The van der Waals surface area contributed by atoms with E-state index in [1.54, 1.807) is 11.8 Å². The Morgan fingerprint density at radius 2 is 1.85 bits per heavy atom. The molecule has 0 aliphatic carbocycles. The minimum absolute atomic E-state index is 0.0206. The van der Waals surface area contributed by atoms with E-state index in [0.717, 1.165) is 25.3 Å². The van der Waals surface area contributed by atoms with Gasteiger partial charge in [-0.05, 0) is 44.4 Å². The minimum Gasteiger partial charge on any atom is -0.340 e. The normalized spacial score (nSPS) is 14.9. The number of nitrogens with zero attached hydrogens (tertiary/aromatic N) is 3. The van der Waals surface area contributed by atoms with Gasteiger partial charge in [-0.25, -0.2) is 9.97 Å². The van der Waals surface area contributed by atoms with Gasteiger partial charge in [-0.15, -0.1) is 0 Å². The summed E-state index contributed by atoms with van der Waals surface area (Å²) in [6, 6.07) is 4.80. The molecule has 5 nitrogen and oxygen atoms in total. The lowest BCUT2D eigenvalue weighted by Crippen LogP contribution is -2.36. The number of amides is 1. The van der Waals surface area contributed by atoms with Crippen LogP contribution in [0.2, 0.25) is 5.02 Å². The number of aromatic nitrogens is 2. The fourth-order valence-electron chi connectivity index (χ4n) is 3.00. The standard InChI is InChI=1S/C18H18ClF3N4O/c1-11-23-15(17(27)26-7-3-2-4-8-26)10-16(24-11)25-14-6-5-12(19)9-13(14)18(20,21)22/h5-6,9-10H,2-4,7-8H2,1H3,(H,23,24,25). The van der Waals surface area contributed by atoms with Crippen molar-refractivity contribution in [3.63, 3.8) is 0 Å². The van der Waals surface area contributed by atoms with Crippen LogP contribution in [-0.2, 0) is 6.18 Å². The topological polar surface area (TPSA) is 58.1 Å². The Labute approximate surface area is 159 Å². The van der Waals surface area contributed by atoms with Gasteiger partial charge < -0.3 is 10.2 Å². The number of piperidine rings is 1. The number of anilines is 2. The highest BCUT2D eigenvalue weighted by atomic mass is 35.5. The summed E-state index contributed by atoms with van der Waals surface area (Å²) in [5.41, 5.74) is -0.939. The van der Waals surface area contributed by atoms with Gasteiger partial charge in [-0.2, -0.15) is 13.2 Å². The predicted octanol–water partition coefficient (Wildman–Crippen LogP) is 4.83. The first kappa shape index (κ1) is 19.4. The summed E-state index contributed by atoms with van der Waals surface area (Å²) in [6.45, 7) is 2.89. The molecule has 0 atom stereocenters. The smallest absolute Gasteiger partial charge is 0.340 e. The maximum atomic E-state index is 13.3. The summed E-state index contributed by atoms with van der Waals surface area (Å²) in [5, 5.41) is 2.62. The number of benzene rings is 1. The van der Waals surface area contributed by atoms with E-state index in [2.05, 4.69) is 15.3 Å². The minimum atomic E-state index is -4.58. The Morgan fingerprint density at radius 3 is 2.52 bits per heavy atom. The van der Waals surface area contributed by atoms with Crippen LogP contribution in [0, 0.1) is 6.92 Å². The number of hydrogen-bond acceptors (Lipinski definition) is 4. The van der Waals surface area contributed by atoms with Crippen LogP contribution in [0.4, 0.5) is 24.7 Å². The molecular formula is C18H18ClF3N4O. The van der Waals surface area contributed by atoms with Gasteiger partial charge in [-0.3, -0.25) is 4.79 Å². The van der Waals surface area contributed by atoms with Crippen molar-refractivity contribution in [3.8, 4) is 0 Å². The van der Waals surface area contributed by atoms with E-state index in [-0.39, 0.29) is 28.1 Å². The summed E-state index contributed by atoms with van der Waals surface area (Å²) < 4.78 is 39.8. The monoisotopic (exact) mass is 398 g/mol. The molecule has 1 aliphatic rings. The number of carbonyl (C=O) groups is 1. The molecule has 1 N–H and O–H groups in total. The van der Waals surface area contributed by atoms with E-state index in [1.807, 2.05) is 0 Å². The Hall–Kier alpha value is -2.35. The predicted molar refractivity (Wildman–Crippen MR) is 96.3 cm³/mol. The Morgan fingerprint density at radius 1 is 1.15 bits per heavy atom. The molecule has 3 rings (SSSR count). The first-order valence-corrected chi connectivity index (χ1v) is 8.90. The van der Waals surface area contributed by atoms with Gasteiger partial charge in [0.2, 0.25) is 0 Å². The SMILES string of the molecule is Cc1nc(Nc2ccc(Cl)cc2C(F)(F)F)cc(C(=O)N2CCCCC2)n1. The quantitative estimate of drug-likeness (QED) is 0.804. The van der Waals surface area contributed by atoms with Crippen LogP contribution in [0.15, 0.2) is 24.3 Å². The molecule has 1 fully saturated rings. The fourth-order valence-corrected chi connectivity index (χ4v) is 3.17. The Balaban J connectivity index is 1.90. The van der Waals surface area contributed by atoms with Gasteiger partial charge in [0.25, 0.3) is 5.91 Å². The molecule has 0 radical (unpaired) electrons. The van der Waals surface area contributed by atoms with E-state index in [9.17, 15) is 18.0 Å². The number of alkyl halides is 3. The van der Waals surface area contributed by atoms with E-state index >= 15 is 0 Å². The second-order valence-corrected chi connectivity index (χ2v) is 6.79. The van der Waals surface area contributed by atoms with Gasteiger partial charge in [0.15, 0.2) is 0 Å². The second kappa shape index (κ2) is 7.72. The van der Waals surface area contributed by atoms with Crippen LogP contribution in [0.25, 0.3) is 0 Å². The fraction of sp³-hybridized carbons (Fsp3) is 0.389. The zero-order valence-electron chi connectivity index (χ0n) is 14.6. The number of likely N-dealkylation sites (tertiary alicyclic amines) is 1. The molecule has 27 heavy (non-hydrogen) atoms. The maximum Gasteiger partial charge on any atom is 0.418 e. The summed E-state index contributed by atoms with van der Waals surface area (Å²) >= 11 is 5.70. The molecule has 1 amide bonds. The van der Waals surface area contributed by atoms with Gasteiger partial charge in [0.05, 0.1) is 11.3 Å². The number of carbonyl (C=O) groups excluding carboxylic acids is 1. The van der Waals surface area contributed by atoms with Crippen molar-refractivity contribution in [1.82, 2.24) is 14.9 Å². The van der Waals surface area contributed by atoms with Crippen molar-refractivity contribution in [2.24, 2.45) is 0 Å². The lowest BCUT2D eigenvalue weighted by Gasteiger charge is -2.26. The van der Waals surface area contributed by atoms with Gasteiger partial charge >= 0.3 is 6.18 Å². The third kappa shape index (κ3) is 4.68. The molecule has 9 heteroatoms. The van der Waals surface area contributed by atoms with E-state index in [1.165, 1.54) is 18.2 Å². The number of halogens is 4. The number of rotatable bonds is 3. The van der Waals surface area contributed by atoms with Crippen molar-refractivity contribution >= 4 is 29.0 Å². The zero-order chi connectivity index (χ0) is 19.6. The molecular weight excluding hydrogens is 381 g/mol. The molecule has 2 aromatic rings. The van der Waals surface area contributed by atoms with Gasteiger partial charge in [-0.1, -0.05) is 11.6 Å². The van der Waals surface area contributed by atoms with Crippen molar-refractivity contribution in [1.29, 1.82) is 0 Å². The average Bonchev–Trinajstić information content (AvgIpc) is 2.62. The Kier molecular flexibility index (Phi) is 5.55. The van der Waals surface area contributed by atoms with Crippen LogP contribution in [0.5, 0.6) is 0 Å². The average molecular weight is 399 g/mol. The van der Waals surface area contributed by atoms with Crippen molar-refractivity contribution in [2.75, 3.05) is 18.4 Å². The highest BCUT2D eigenvalue weighted by Crippen LogP contribution is 2.37. The lowest BCUT2D eigenvalue weighted by atomic mass is 10.1. The highest BCUT2D eigenvalue weighted by molar-refractivity contribution is 6.30. The molecule has 1 saturated heterocycles. The van der Waals surface area contributed by atoms with Crippen LogP contribution in [0.3, 0.4) is 0 Å². The second-order valence-electron chi connectivity index (χ2n) is 6.35. The first-order chi connectivity index (χ1) is 12.7. The van der Waals surface area contributed by atoms with E-state index < -0.39 is 11.7 Å². The van der Waals surface area contributed by atoms with E-state index in [4.69, 9.17) is 11.6 Å². The van der Waals surface area contributed by atoms with Crippen molar-refractivity contribution < 1.29 is 18.0 Å². The van der Waals surface area contributed by atoms with Crippen molar-refractivity contribution in [3.05, 3.63) is 46.4 Å². The largest absolute Gasteiger partial charge is 0.418 e. The first-order valence-electron chi connectivity index (χ1n) is 8.53. The third-order valence-electron chi connectivity index (χ3n) is 4.25. The van der Waals surface area contributed by atoms with Gasteiger partial charge in [0, 0.05) is 24.2 Å². The summed E-state index contributed by atoms with van der Waals surface area (Å²) in [6.07, 6.45) is -1.64. The molecule has 0 spiro atoms. The molecule has 0 bridgehead atoms. The van der Waals surface area contributed by atoms with Crippen LogP contribution >= 0.6 is 11.6 Å². The molecule has 1 aliphatic heterocycles. The molecule has 2 heterocycles. The molecule has 1 aromatic carbocycles. The van der Waals surface area contributed by atoms with Crippen molar-refractivity contribution in [2.45, 2.75) is 32.4 Å². The highest BCUT2D eigenvalue weighted by Gasteiger charge is 2.34. The molecule has 144 valence electrons. The van der Waals surface area contributed by atoms with E-state index in [0.29, 0.717) is 18.9 Å². The van der Waals surface area contributed by atoms with Gasteiger partial charge in [0.1, 0.15) is 17.3 Å². The summed E-state index contributed by atoms with van der Waals surface area (Å²) in [5.74, 6) is 0.175. The molecule has 1 aromatic heterocycles. The van der Waals surface area contributed by atoms with Crippen LogP contribution in [0.1, 0.15) is 41.1 Å². The van der Waals surface area contributed by atoms with Crippen LogP contribution in [-0.4, -0.2) is 33.9 Å². The molecule has 0 unspecified atom stereocenters. The van der Waals surface area contributed by atoms with Crippen LogP contribution < -0.4 is 5.32 Å². The molecule has 0 saturated carbocycles.